The van der Waals surface area contributed by atoms with E-state index >= 15 is 0 Å². The molecule has 0 aromatic heterocycles. The lowest BCUT2D eigenvalue weighted by Crippen LogP contribution is -2.13. The van der Waals surface area contributed by atoms with Crippen LogP contribution in [0.4, 0.5) is 5.69 Å². The molecule has 0 saturated carbocycles. The van der Waals surface area contributed by atoms with Crippen LogP contribution >= 0.6 is 0 Å². The zero-order chi connectivity index (χ0) is 18.9. The summed E-state index contributed by atoms with van der Waals surface area (Å²) in [5, 5.41) is 2.89. The molecule has 138 valence electrons. The lowest BCUT2D eigenvalue weighted by molar-refractivity contribution is 0.102. The third-order valence-electron chi connectivity index (χ3n) is 4.16. The van der Waals surface area contributed by atoms with Crippen LogP contribution in [0.15, 0.2) is 78.9 Å². The van der Waals surface area contributed by atoms with Crippen LogP contribution in [0.2, 0.25) is 0 Å². The smallest absolute Gasteiger partial charge is 0.259 e. The molecule has 3 aromatic rings. The Hall–Kier alpha value is -3.27. The molecule has 0 heterocycles. The van der Waals surface area contributed by atoms with E-state index in [0.29, 0.717) is 23.6 Å². The van der Waals surface area contributed by atoms with E-state index in [1.165, 1.54) is 5.56 Å². The van der Waals surface area contributed by atoms with E-state index in [2.05, 4.69) is 17.4 Å². The van der Waals surface area contributed by atoms with Gasteiger partial charge in [-0.1, -0.05) is 48.5 Å². The van der Waals surface area contributed by atoms with Gasteiger partial charge < -0.3 is 14.8 Å². The van der Waals surface area contributed by atoms with Crippen molar-refractivity contribution < 1.29 is 14.3 Å². The van der Waals surface area contributed by atoms with E-state index in [9.17, 15) is 4.79 Å². The van der Waals surface area contributed by atoms with Crippen LogP contribution in [-0.2, 0) is 6.42 Å². The molecule has 0 aliphatic carbocycles. The number of para-hydroxylation sites is 1. The zero-order valence-corrected chi connectivity index (χ0v) is 15.4. The van der Waals surface area contributed by atoms with Crippen molar-refractivity contribution in [1.29, 1.82) is 0 Å². The van der Waals surface area contributed by atoms with Crippen LogP contribution in [-0.4, -0.2) is 19.6 Å². The number of methoxy groups -OCH3 is 1. The summed E-state index contributed by atoms with van der Waals surface area (Å²) in [6.07, 6.45) is 1.91. The topological polar surface area (TPSA) is 47.6 Å². The van der Waals surface area contributed by atoms with Gasteiger partial charge in [0, 0.05) is 11.8 Å². The molecule has 0 bridgehead atoms. The van der Waals surface area contributed by atoms with E-state index in [1.54, 1.807) is 19.2 Å². The third kappa shape index (κ3) is 5.35. The maximum Gasteiger partial charge on any atom is 0.259 e. The molecule has 0 spiro atoms. The summed E-state index contributed by atoms with van der Waals surface area (Å²) in [6.45, 7) is 0.624. The summed E-state index contributed by atoms with van der Waals surface area (Å²) in [5.74, 6) is 1.07. The van der Waals surface area contributed by atoms with Crippen LogP contribution in [0.5, 0.6) is 11.5 Å². The molecule has 0 atom stereocenters. The van der Waals surface area contributed by atoms with Gasteiger partial charge in [-0.3, -0.25) is 4.79 Å². The molecule has 0 radical (unpaired) electrons. The highest BCUT2D eigenvalue weighted by Crippen LogP contribution is 2.21. The highest BCUT2D eigenvalue weighted by molar-refractivity contribution is 6.06. The number of anilines is 1. The average Bonchev–Trinajstić information content (AvgIpc) is 2.72. The van der Waals surface area contributed by atoms with Crippen LogP contribution in [0, 0.1) is 0 Å². The van der Waals surface area contributed by atoms with E-state index in [1.807, 2.05) is 54.6 Å². The molecule has 4 heteroatoms. The van der Waals surface area contributed by atoms with Gasteiger partial charge in [0.15, 0.2) is 0 Å². The number of ether oxygens (including phenoxy) is 2. The Morgan fingerprint density at radius 2 is 1.70 bits per heavy atom. The van der Waals surface area contributed by atoms with Gasteiger partial charge >= 0.3 is 0 Å². The normalized spacial score (nSPS) is 10.3. The van der Waals surface area contributed by atoms with Crippen molar-refractivity contribution >= 4 is 11.6 Å². The van der Waals surface area contributed by atoms with Gasteiger partial charge in [-0.15, -0.1) is 0 Å². The van der Waals surface area contributed by atoms with Crippen molar-refractivity contribution in [2.24, 2.45) is 0 Å². The van der Waals surface area contributed by atoms with Gasteiger partial charge in [-0.2, -0.15) is 0 Å². The molecule has 3 rings (SSSR count). The van der Waals surface area contributed by atoms with Gasteiger partial charge in [0.2, 0.25) is 0 Å². The number of carbonyl (C=O) groups excluding carboxylic acids is 1. The number of rotatable bonds is 8. The number of nitrogens with one attached hydrogen (secondary N) is 1. The fourth-order valence-electron chi connectivity index (χ4n) is 2.81. The van der Waals surface area contributed by atoms with Gasteiger partial charge in [-0.05, 0) is 42.7 Å². The Morgan fingerprint density at radius 1 is 0.926 bits per heavy atom. The molecule has 0 aliphatic rings. The first-order valence-electron chi connectivity index (χ1n) is 8.97. The Balaban J connectivity index is 1.54. The second kappa shape index (κ2) is 9.43. The molecule has 0 unspecified atom stereocenters. The van der Waals surface area contributed by atoms with Crippen molar-refractivity contribution in [1.82, 2.24) is 0 Å². The summed E-state index contributed by atoms with van der Waals surface area (Å²) in [7, 11) is 1.55. The first-order valence-corrected chi connectivity index (χ1v) is 8.97. The summed E-state index contributed by atoms with van der Waals surface area (Å²) in [4.78, 5) is 12.5. The molecule has 1 amide bonds. The number of benzene rings is 3. The molecule has 0 saturated heterocycles. The fourth-order valence-corrected chi connectivity index (χ4v) is 2.81. The van der Waals surface area contributed by atoms with E-state index in [0.717, 1.165) is 18.6 Å². The van der Waals surface area contributed by atoms with Crippen molar-refractivity contribution in [2.45, 2.75) is 12.8 Å². The molecule has 4 nitrogen and oxygen atoms in total. The molecule has 1 N–H and O–H groups in total. The largest absolute Gasteiger partial charge is 0.496 e. The van der Waals surface area contributed by atoms with Gasteiger partial charge in [0.05, 0.1) is 19.3 Å². The van der Waals surface area contributed by atoms with Crippen LogP contribution < -0.4 is 14.8 Å². The summed E-state index contributed by atoms with van der Waals surface area (Å²) < 4.78 is 11.1. The van der Waals surface area contributed by atoms with Crippen LogP contribution in [0.3, 0.4) is 0 Å². The van der Waals surface area contributed by atoms with Crippen molar-refractivity contribution in [3.63, 3.8) is 0 Å². The molecule has 3 aromatic carbocycles. The van der Waals surface area contributed by atoms with E-state index < -0.39 is 0 Å². The standard InChI is InChI=1S/C23H23NO3/c1-26-22-15-6-5-14-21(22)23(25)24-19-12-7-13-20(17-19)27-16-8-11-18-9-3-2-4-10-18/h2-7,9-10,12-15,17H,8,11,16H2,1H3,(H,24,25). The highest BCUT2D eigenvalue weighted by atomic mass is 16.5. The molecular weight excluding hydrogens is 338 g/mol. The zero-order valence-electron chi connectivity index (χ0n) is 15.4. The molecule has 27 heavy (non-hydrogen) atoms. The number of aryl methyl sites for hydroxylation is 1. The molecule has 0 fully saturated rings. The Morgan fingerprint density at radius 3 is 2.52 bits per heavy atom. The lowest BCUT2D eigenvalue weighted by atomic mass is 10.1. The summed E-state index contributed by atoms with van der Waals surface area (Å²) >= 11 is 0. The number of hydrogen-bond donors (Lipinski definition) is 1. The minimum Gasteiger partial charge on any atom is -0.496 e. The summed E-state index contributed by atoms with van der Waals surface area (Å²) in [6, 6.07) is 24.9. The Bertz CT molecular complexity index is 878. The van der Waals surface area contributed by atoms with E-state index in [-0.39, 0.29) is 5.91 Å². The minimum atomic E-state index is -0.214. The third-order valence-corrected chi connectivity index (χ3v) is 4.16. The first-order chi connectivity index (χ1) is 13.3. The SMILES string of the molecule is COc1ccccc1C(=O)Nc1cccc(OCCCc2ccccc2)c1. The fraction of sp³-hybridized carbons (Fsp3) is 0.174. The van der Waals surface area contributed by atoms with Crippen molar-refractivity contribution in [3.8, 4) is 11.5 Å². The quantitative estimate of drug-likeness (QED) is 0.577. The average molecular weight is 361 g/mol. The lowest BCUT2D eigenvalue weighted by Gasteiger charge is -2.11. The number of hydrogen-bond acceptors (Lipinski definition) is 3. The van der Waals surface area contributed by atoms with Gasteiger partial charge in [0.1, 0.15) is 11.5 Å². The molecular formula is C23H23NO3. The second-order valence-electron chi connectivity index (χ2n) is 6.12. The monoisotopic (exact) mass is 361 g/mol. The minimum absolute atomic E-state index is 0.214. The number of carbonyl (C=O) groups is 1. The predicted octanol–water partition coefficient (Wildman–Crippen LogP) is 4.96. The first kappa shape index (κ1) is 18.5. The predicted molar refractivity (Wildman–Crippen MR) is 108 cm³/mol. The Labute approximate surface area is 159 Å². The maximum atomic E-state index is 12.5. The summed E-state index contributed by atoms with van der Waals surface area (Å²) in [5.41, 5.74) is 2.49. The second-order valence-corrected chi connectivity index (χ2v) is 6.12. The van der Waals surface area contributed by atoms with Crippen molar-refractivity contribution in [2.75, 3.05) is 19.0 Å². The maximum absolute atomic E-state index is 12.5. The van der Waals surface area contributed by atoms with Gasteiger partial charge in [-0.25, -0.2) is 0 Å². The van der Waals surface area contributed by atoms with Crippen LogP contribution in [0.1, 0.15) is 22.3 Å². The Kier molecular flexibility index (Phi) is 6.47. The van der Waals surface area contributed by atoms with Crippen LogP contribution in [0.25, 0.3) is 0 Å². The van der Waals surface area contributed by atoms with E-state index in [4.69, 9.17) is 9.47 Å². The van der Waals surface area contributed by atoms with Crippen molar-refractivity contribution in [3.05, 3.63) is 90.0 Å². The molecule has 0 aliphatic heterocycles. The number of amides is 1. The van der Waals surface area contributed by atoms with Gasteiger partial charge in [0.25, 0.3) is 5.91 Å². The highest BCUT2D eigenvalue weighted by Gasteiger charge is 2.11.